The maximum absolute atomic E-state index is 13.0. The zero-order valence-electron chi connectivity index (χ0n) is 13.8. The van der Waals surface area contributed by atoms with Crippen molar-refractivity contribution < 1.29 is 4.79 Å². The number of aryl methyl sites for hydroxylation is 1. The number of fused-ring (bicyclic) bond motifs is 1. The van der Waals surface area contributed by atoms with Gasteiger partial charge < -0.3 is 4.90 Å². The fraction of sp³-hybridized carbons (Fsp3) is 0.200. The summed E-state index contributed by atoms with van der Waals surface area (Å²) in [6.07, 6.45) is 0.900. The summed E-state index contributed by atoms with van der Waals surface area (Å²) < 4.78 is 0. The quantitative estimate of drug-likeness (QED) is 0.639. The van der Waals surface area contributed by atoms with Crippen LogP contribution in [0.4, 0.5) is 0 Å². The van der Waals surface area contributed by atoms with E-state index >= 15 is 0 Å². The monoisotopic (exact) mass is 368 g/mol. The standard InChI is InChI=1S/C20H17ClN2OS/c1-13-18(25-19(22-13)16-8-4-5-9-17(16)21)20(24)23-11-10-14-6-2-3-7-15(14)12-23/h2-9H,10-12H2,1H3. The Morgan fingerprint density at radius 2 is 1.84 bits per heavy atom. The molecule has 1 aliphatic heterocycles. The van der Waals surface area contributed by atoms with Crippen LogP contribution < -0.4 is 0 Å². The minimum Gasteiger partial charge on any atom is -0.333 e. The van der Waals surface area contributed by atoms with E-state index in [1.807, 2.05) is 42.2 Å². The maximum Gasteiger partial charge on any atom is 0.266 e. The normalized spacial score (nSPS) is 13.6. The molecule has 0 spiro atoms. The number of rotatable bonds is 2. The van der Waals surface area contributed by atoms with Gasteiger partial charge in [-0.1, -0.05) is 54.1 Å². The first kappa shape index (κ1) is 16.3. The SMILES string of the molecule is Cc1nc(-c2ccccc2Cl)sc1C(=O)N1CCc2ccccc2C1. The molecule has 1 amide bonds. The maximum atomic E-state index is 13.0. The summed E-state index contributed by atoms with van der Waals surface area (Å²) in [5.74, 6) is 0.0582. The van der Waals surface area contributed by atoms with Gasteiger partial charge in [0.05, 0.1) is 10.7 Å². The lowest BCUT2D eigenvalue weighted by molar-refractivity contribution is 0.0738. The third-order valence-corrected chi connectivity index (χ3v) is 6.02. The van der Waals surface area contributed by atoms with Crippen LogP contribution in [0.3, 0.4) is 0 Å². The van der Waals surface area contributed by atoms with Crippen molar-refractivity contribution in [2.45, 2.75) is 19.9 Å². The molecule has 4 rings (SSSR count). The number of benzene rings is 2. The first-order chi connectivity index (χ1) is 12.1. The molecule has 2 heterocycles. The minimum absolute atomic E-state index is 0.0582. The largest absolute Gasteiger partial charge is 0.333 e. The van der Waals surface area contributed by atoms with E-state index in [-0.39, 0.29) is 5.91 Å². The van der Waals surface area contributed by atoms with Gasteiger partial charge in [0, 0.05) is 18.7 Å². The van der Waals surface area contributed by atoms with Gasteiger partial charge in [0.25, 0.3) is 5.91 Å². The average molecular weight is 369 g/mol. The fourth-order valence-electron chi connectivity index (χ4n) is 3.16. The summed E-state index contributed by atoms with van der Waals surface area (Å²) in [6, 6.07) is 15.9. The van der Waals surface area contributed by atoms with Crippen LogP contribution in [0.2, 0.25) is 5.02 Å². The van der Waals surface area contributed by atoms with Gasteiger partial charge in [-0.3, -0.25) is 4.79 Å². The number of hydrogen-bond donors (Lipinski definition) is 0. The van der Waals surface area contributed by atoms with Gasteiger partial charge in [0.15, 0.2) is 0 Å². The van der Waals surface area contributed by atoms with Crippen molar-refractivity contribution in [2.75, 3.05) is 6.54 Å². The van der Waals surface area contributed by atoms with E-state index in [2.05, 4.69) is 23.2 Å². The predicted octanol–water partition coefficient (Wildman–Crippen LogP) is 4.97. The Labute approximate surface area is 155 Å². The van der Waals surface area contributed by atoms with E-state index in [1.54, 1.807) is 0 Å². The van der Waals surface area contributed by atoms with Gasteiger partial charge in [0.2, 0.25) is 0 Å². The Balaban J connectivity index is 1.63. The van der Waals surface area contributed by atoms with E-state index < -0.39 is 0 Å². The highest BCUT2D eigenvalue weighted by molar-refractivity contribution is 7.17. The first-order valence-corrected chi connectivity index (χ1v) is 9.41. The van der Waals surface area contributed by atoms with Crippen molar-refractivity contribution in [3.8, 4) is 10.6 Å². The van der Waals surface area contributed by atoms with E-state index in [4.69, 9.17) is 11.6 Å². The molecule has 1 aromatic heterocycles. The highest BCUT2D eigenvalue weighted by Gasteiger charge is 2.25. The molecule has 2 aromatic carbocycles. The number of amides is 1. The third kappa shape index (κ3) is 3.08. The number of nitrogens with zero attached hydrogens (tertiary/aromatic N) is 2. The summed E-state index contributed by atoms with van der Waals surface area (Å²) >= 11 is 7.70. The molecule has 5 heteroatoms. The van der Waals surface area contributed by atoms with Crippen LogP contribution in [0.25, 0.3) is 10.6 Å². The highest BCUT2D eigenvalue weighted by atomic mass is 35.5. The molecular weight excluding hydrogens is 352 g/mol. The molecule has 126 valence electrons. The number of carbonyl (C=O) groups is 1. The molecule has 1 aliphatic rings. The fourth-order valence-corrected chi connectivity index (χ4v) is 4.51. The molecular formula is C20H17ClN2OS. The minimum atomic E-state index is 0.0582. The van der Waals surface area contributed by atoms with Crippen LogP contribution >= 0.6 is 22.9 Å². The molecule has 0 aliphatic carbocycles. The number of thiazole rings is 1. The zero-order valence-corrected chi connectivity index (χ0v) is 15.4. The molecule has 0 saturated heterocycles. The first-order valence-electron chi connectivity index (χ1n) is 8.22. The van der Waals surface area contributed by atoms with Gasteiger partial charge in [-0.25, -0.2) is 4.98 Å². The zero-order chi connectivity index (χ0) is 17.4. The van der Waals surface area contributed by atoms with Crippen molar-refractivity contribution in [1.29, 1.82) is 0 Å². The lowest BCUT2D eigenvalue weighted by Crippen LogP contribution is -2.35. The van der Waals surface area contributed by atoms with Crippen molar-refractivity contribution in [3.63, 3.8) is 0 Å². The van der Waals surface area contributed by atoms with Crippen molar-refractivity contribution >= 4 is 28.8 Å². The molecule has 0 bridgehead atoms. The smallest absolute Gasteiger partial charge is 0.266 e. The molecule has 0 atom stereocenters. The topological polar surface area (TPSA) is 33.2 Å². The summed E-state index contributed by atoms with van der Waals surface area (Å²) in [5, 5.41) is 1.45. The summed E-state index contributed by atoms with van der Waals surface area (Å²) in [4.78, 5) is 20.2. The third-order valence-electron chi connectivity index (χ3n) is 4.51. The number of aromatic nitrogens is 1. The Morgan fingerprint density at radius 1 is 1.12 bits per heavy atom. The Kier molecular flexibility index (Phi) is 4.32. The predicted molar refractivity (Wildman–Crippen MR) is 102 cm³/mol. The molecule has 3 nitrogen and oxygen atoms in total. The lowest BCUT2D eigenvalue weighted by Gasteiger charge is -2.28. The van der Waals surface area contributed by atoms with Crippen LogP contribution in [-0.4, -0.2) is 22.3 Å². The van der Waals surface area contributed by atoms with Gasteiger partial charge in [-0.15, -0.1) is 11.3 Å². The molecule has 0 unspecified atom stereocenters. The van der Waals surface area contributed by atoms with Gasteiger partial charge in [-0.05, 0) is 30.5 Å². The molecule has 0 N–H and O–H groups in total. The second kappa shape index (κ2) is 6.62. The van der Waals surface area contributed by atoms with Crippen LogP contribution in [0.5, 0.6) is 0 Å². The number of halogens is 1. The Bertz CT molecular complexity index is 950. The second-order valence-corrected chi connectivity index (χ2v) is 7.57. The summed E-state index contributed by atoms with van der Waals surface area (Å²) in [5.41, 5.74) is 4.21. The molecule has 25 heavy (non-hydrogen) atoms. The van der Waals surface area contributed by atoms with Gasteiger partial charge in [0.1, 0.15) is 9.88 Å². The number of carbonyl (C=O) groups excluding carboxylic acids is 1. The van der Waals surface area contributed by atoms with Crippen LogP contribution in [0.1, 0.15) is 26.5 Å². The van der Waals surface area contributed by atoms with E-state index in [0.29, 0.717) is 16.4 Å². The van der Waals surface area contributed by atoms with Crippen LogP contribution in [-0.2, 0) is 13.0 Å². The number of hydrogen-bond acceptors (Lipinski definition) is 3. The van der Waals surface area contributed by atoms with E-state index in [0.717, 1.165) is 29.2 Å². The van der Waals surface area contributed by atoms with Crippen molar-refractivity contribution in [1.82, 2.24) is 9.88 Å². The average Bonchev–Trinajstić information content (AvgIpc) is 3.02. The van der Waals surface area contributed by atoms with Crippen molar-refractivity contribution in [2.24, 2.45) is 0 Å². The highest BCUT2D eigenvalue weighted by Crippen LogP contribution is 2.33. The van der Waals surface area contributed by atoms with Crippen LogP contribution in [0, 0.1) is 6.92 Å². The van der Waals surface area contributed by atoms with E-state index in [9.17, 15) is 4.79 Å². The lowest BCUT2D eigenvalue weighted by atomic mass is 10.00. The Hall–Kier alpha value is -2.17. The molecule has 0 saturated carbocycles. The van der Waals surface area contributed by atoms with Crippen molar-refractivity contribution in [3.05, 3.63) is 75.3 Å². The summed E-state index contributed by atoms with van der Waals surface area (Å²) in [7, 11) is 0. The van der Waals surface area contributed by atoms with Gasteiger partial charge >= 0.3 is 0 Å². The van der Waals surface area contributed by atoms with E-state index in [1.165, 1.54) is 22.5 Å². The molecule has 0 radical (unpaired) electrons. The molecule has 3 aromatic rings. The molecule has 0 fully saturated rings. The Morgan fingerprint density at radius 3 is 2.64 bits per heavy atom. The van der Waals surface area contributed by atoms with Gasteiger partial charge in [-0.2, -0.15) is 0 Å². The van der Waals surface area contributed by atoms with Crippen LogP contribution in [0.15, 0.2) is 48.5 Å². The second-order valence-electron chi connectivity index (χ2n) is 6.16. The summed E-state index contributed by atoms with van der Waals surface area (Å²) in [6.45, 7) is 3.30.